The van der Waals surface area contributed by atoms with Crippen LogP contribution in [0.5, 0.6) is 0 Å². The van der Waals surface area contributed by atoms with Crippen LogP contribution in [0.1, 0.15) is 175 Å². The first-order valence-corrected chi connectivity index (χ1v) is 33.6. The predicted molar refractivity (Wildman–Crippen MR) is 340 cm³/mol. The van der Waals surface area contributed by atoms with Gasteiger partial charge in [0.05, 0.1) is 10.6 Å². The molecule has 2 saturated heterocycles. The number of nitrogens with zero attached hydrogens (tertiary/aromatic N) is 7. The van der Waals surface area contributed by atoms with Crippen molar-refractivity contribution in [2.45, 2.75) is 224 Å². The number of hydrogen-bond donors (Lipinski definition) is 4. The zero-order chi connectivity index (χ0) is 59.1. The summed E-state index contributed by atoms with van der Waals surface area (Å²) in [4.78, 5) is 18.5. The number of alkyl halides is 3. The second-order valence-electron chi connectivity index (χ2n) is 28.2. The lowest BCUT2D eigenvalue weighted by Crippen LogP contribution is -2.58. The van der Waals surface area contributed by atoms with E-state index in [4.69, 9.17) is 11.6 Å². The standard InChI is InChI=1S/C66H125ClF3N11/c1-14-53(6)64-49-77(10)37-36-75(8)38-39-78(11)61(42-55-22-16-15-17-23-55)48-76(9)35-32-71-57(27-25-56-26-28-62(63(67)43-56)66(68,69)70)47-79(12)60(41-52(4)5)46-74-65(30-19-20-31-65)50-80(13)59(40-51(2)3)45-72-54(7)29-34-81-33-21-18-24-58(81)44-73-64/h26,28,43,51-55,57-61,64,71-74H,14-25,27,29-42,44-50H2,1-13H3/t53-,54+,57-,58-,59-,60-,61-,64+/m0/s1. The molecule has 1 aromatic rings. The Hall–Kier alpha value is -1.14. The highest BCUT2D eigenvalue weighted by Crippen LogP contribution is 2.36. The van der Waals surface area contributed by atoms with Crippen LogP contribution in [0.2, 0.25) is 5.02 Å². The Balaban J connectivity index is 1.38. The maximum Gasteiger partial charge on any atom is 0.417 e. The molecule has 11 nitrogen and oxygen atoms in total. The maximum atomic E-state index is 13.8. The van der Waals surface area contributed by atoms with E-state index in [9.17, 15) is 13.2 Å². The Morgan fingerprint density at radius 1 is 0.642 bits per heavy atom. The average molecular weight is 1170 g/mol. The van der Waals surface area contributed by atoms with Crippen molar-refractivity contribution in [1.82, 2.24) is 55.6 Å². The Kier molecular flexibility index (Phi) is 31.6. The molecule has 4 N–H and O–H groups in total. The van der Waals surface area contributed by atoms with Crippen LogP contribution < -0.4 is 21.3 Å². The topological polar surface area (TPSA) is 70.8 Å². The average Bonchev–Trinajstić information content (AvgIpc) is 3.88. The first kappa shape index (κ1) is 70.6. The highest BCUT2D eigenvalue weighted by atomic mass is 35.5. The molecule has 0 aromatic heterocycles. The van der Waals surface area contributed by atoms with Gasteiger partial charge in [0.15, 0.2) is 0 Å². The van der Waals surface area contributed by atoms with Gasteiger partial charge in [-0.05, 0) is 168 Å². The zero-order valence-electron chi connectivity index (χ0n) is 54.3. The summed E-state index contributed by atoms with van der Waals surface area (Å²) in [6.07, 6.45) is 18.6. The van der Waals surface area contributed by atoms with Gasteiger partial charge in [0.1, 0.15) is 0 Å². The molecule has 8 atom stereocenters. The molecule has 0 amide bonds. The van der Waals surface area contributed by atoms with Crippen LogP contribution in [0.4, 0.5) is 13.2 Å². The zero-order valence-corrected chi connectivity index (χ0v) is 55.0. The minimum atomic E-state index is -4.47. The van der Waals surface area contributed by atoms with Crippen LogP contribution >= 0.6 is 11.6 Å². The minimum Gasteiger partial charge on any atom is -0.313 e. The van der Waals surface area contributed by atoms with Crippen LogP contribution in [0.3, 0.4) is 0 Å². The summed E-state index contributed by atoms with van der Waals surface area (Å²) in [5.74, 6) is 2.56. The lowest BCUT2D eigenvalue weighted by molar-refractivity contribution is -0.137. The molecular weight excluding hydrogens is 1040 g/mol. The summed E-state index contributed by atoms with van der Waals surface area (Å²) >= 11 is 6.30. The number of nitrogens with one attached hydrogen (secondary N) is 4. The van der Waals surface area contributed by atoms with Gasteiger partial charge >= 0.3 is 6.18 Å². The first-order valence-electron chi connectivity index (χ1n) is 33.2. The van der Waals surface area contributed by atoms with Gasteiger partial charge in [-0.1, -0.05) is 117 Å². The molecule has 5 rings (SSSR count). The molecule has 1 aromatic carbocycles. The third kappa shape index (κ3) is 25.6. The minimum absolute atomic E-state index is 0.0756. The van der Waals surface area contributed by atoms with Crippen LogP contribution in [-0.4, -0.2) is 223 Å². The largest absolute Gasteiger partial charge is 0.417 e. The Bertz CT molecular complexity index is 1830. The smallest absolute Gasteiger partial charge is 0.313 e. The van der Waals surface area contributed by atoms with Gasteiger partial charge in [0, 0.05) is 133 Å². The summed E-state index contributed by atoms with van der Waals surface area (Å²) in [6, 6.07) is 7.28. The Morgan fingerprint density at radius 3 is 1.96 bits per heavy atom. The van der Waals surface area contributed by atoms with Crippen molar-refractivity contribution < 1.29 is 13.2 Å². The van der Waals surface area contributed by atoms with Crippen molar-refractivity contribution in [1.29, 1.82) is 0 Å². The Morgan fingerprint density at radius 2 is 1.30 bits per heavy atom. The monoisotopic (exact) mass is 1160 g/mol. The second-order valence-corrected chi connectivity index (χ2v) is 28.6. The number of piperidine rings is 1. The van der Waals surface area contributed by atoms with Crippen LogP contribution in [-0.2, 0) is 12.6 Å². The van der Waals surface area contributed by atoms with Crippen molar-refractivity contribution >= 4 is 11.6 Å². The first-order chi connectivity index (χ1) is 38.5. The van der Waals surface area contributed by atoms with Gasteiger partial charge in [-0.15, -0.1) is 0 Å². The molecule has 4 aliphatic rings. The van der Waals surface area contributed by atoms with E-state index in [0.717, 1.165) is 122 Å². The second kappa shape index (κ2) is 36.2. The number of hydrogen-bond acceptors (Lipinski definition) is 11. The van der Waals surface area contributed by atoms with E-state index in [1.54, 1.807) is 6.07 Å². The van der Waals surface area contributed by atoms with Crippen LogP contribution in [0, 0.1) is 23.7 Å². The van der Waals surface area contributed by atoms with Gasteiger partial charge in [0.25, 0.3) is 0 Å². The molecular formula is C66H125ClF3N11. The summed E-state index contributed by atoms with van der Waals surface area (Å²) in [5, 5.41) is 16.4. The molecule has 472 valence electrons. The van der Waals surface area contributed by atoms with E-state index >= 15 is 0 Å². The number of halogens is 4. The SMILES string of the molecule is CC[C@H](C)[C@H]1CN(C)CCN(C)CCN(C)[C@@H](CC2CCCCC2)CN(C)CCN[C@@H](CCc2ccc(C(F)(F)F)c(Cl)c2)CN(C)[C@@H](CC(C)C)CNC2(CCCC2)CN(C)[C@@H](CC(C)C)CN[C@H](C)CCN2CCCC[C@H]2CN1. The molecule has 2 heterocycles. The highest BCUT2D eigenvalue weighted by Gasteiger charge is 2.38. The van der Waals surface area contributed by atoms with E-state index in [1.807, 2.05) is 0 Å². The number of likely N-dealkylation sites (N-methyl/N-ethyl adjacent to an activating group) is 6. The van der Waals surface area contributed by atoms with Crippen molar-refractivity contribution in [2.24, 2.45) is 23.7 Å². The summed E-state index contributed by atoms with van der Waals surface area (Å²) < 4.78 is 41.3. The molecule has 4 fully saturated rings. The van der Waals surface area contributed by atoms with Crippen molar-refractivity contribution in [3.05, 3.63) is 34.3 Å². The van der Waals surface area contributed by atoms with Gasteiger partial charge in [-0.25, -0.2) is 0 Å². The van der Waals surface area contributed by atoms with E-state index in [-0.39, 0.29) is 16.6 Å². The van der Waals surface area contributed by atoms with E-state index < -0.39 is 11.7 Å². The molecule has 15 heteroatoms. The summed E-state index contributed by atoms with van der Waals surface area (Å²) in [7, 11) is 14.0. The molecule has 2 aliphatic heterocycles. The lowest BCUT2D eigenvalue weighted by Gasteiger charge is -2.41. The quantitative estimate of drug-likeness (QED) is 0.171. The lowest BCUT2D eigenvalue weighted by atomic mass is 9.84. The van der Waals surface area contributed by atoms with E-state index in [1.165, 1.54) is 115 Å². The molecule has 0 bridgehead atoms. The molecule has 2 aliphatic carbocycles. The summed E-state index contributed by atoms with van der Waals surface area (Å²) in [5.41, 5.74) is 0.161. The van der Waals surface area contributed by atoms with E-state index in [2.05, 4.69) is 146 Å². The number of rotatable bonds is 11. The van der Waals surface area contributed by atoms with Crippen molar-refractivity contribution in [3.63, 3.8) is 0 Å². The van der Waals surface area contributed by atoms with Gasteiger partial charge < -0.3 is 50.7 Å². The fourth-order valence-electron chi connectivity index (χ4n) is 14.3. The van der Waals surface area contributed by atoms with Crippen molar-refractivity contribution in [3.8, 4) is 0 Å². The van der Waals surface area contributed by atoms with Crippen molar-refractivity contribution in [2.75, 3.05) is 140 Å². The third-order valence-electron chi connectivity index (χ3n) is 20.0. The van der Waals surface area contributed by atoms with Crippen LogP contribution in [0.25, 0.3) is 0 Å². The normalized spacial score (nSPS) is 29.7. The van der Waals surface area contributed by atoms with E-state index in [0.29, 0.717) is 60.4 Å². The third-order valence-corrected chi connectivity index (χ3v) is 20.4. The number of fused-ring (bicyclic) bond motifs is 1. The predicted octanol–water partition coefficient (Wildman–Crippen LogP) is 11.2. The molecule has 0 radical (unpaired) electrons. The van der Waals surface area contributed by atoms with Gasteiger partial charge in [-0.2, -0.15) is 13.2 Å². The van der Waals surface area contributed by atoms with Crippen LogP contribution in [0.15, 0.2) is 18.2 Å². The fraction of sp³-hybridized carbons (Fsp3) is 0.909. The molecule has 81 heavy (non-hydrogen) atoms. The van der Waals surface area contributed by atoms with Gasteiger partial charge in [-0.3, -0.25) is 4.90 Å². The molecule has 0 unspecified atom stereocenters. The fourth-order valence-corrected chi connectivity index (χ4v) is 14.6. The highest BCUT2D eigenvalue weighted by molar-refractivity contribution is 6.31. The summed E-state index contributed by atoms with van der Waals surface area (Å²) in [6.45, 7) is 32.1. The molecule has 2 saturated carbocycles. The van der Waals surface area contributed by atoms with Gasteiger partial charge in [0.2, 0.25) is 0 Å². The Labute approximate surface area is 501 Å². The number of benzene rings is 1. The maximum absolute atomic E-state index is 13.8. The number of aryl methyl sites for hydroxylation is 1. The molecule has 1 spiro atoms.